The van der Waals surface area contributed by atoms with Crippen LogP contribution in [0, 0.1) is 0 Å². The van der Waals surface area contributed by atoms with Crippen LogP contribution in [0.5, 0.6) is 0 Å². The first-order valence-corrected chi connectivity index (χ1v) is 4.96. The van der Waals surface area contributed by atoms with Crippen molar-refractivity contribution in [1.82, 2.24) is 10.6 Å². The Kier molecular flexibility index (Phi) is 6.05. The summed E-state index contributed by atoms with van der Waals surface area (Å²) in [5, 5.41) is 6.63. The molecule has 2 N–H and O–H groups in total. The Bertz CT molecular complexity index is 140. The number of hydrogen-bond acceptors (Lipinski definition) is 5. The van der Waals surface area contributed by atoms with E-state index < -0.39 is 0 Å². The summed E-state index contributed by atoms with van der Waals surface area (Å²) in [6, 6.07) is 0.227. The Labute approximate surface area is 85.1 Å². The number of methoxy groups -OCH3 is 2. The minimum Gasteiger partial charge on any atom is -0.382 e. The maximum Gasteiger partial charge on any atom is 0.173 e. The third-order valence-electron chi connectivity index (χ3n) is 2.20. The van der Waals surface area contributed by atoms with Crippen molar-refractivity contribution in [2.75, 3.05) is 47.1 Å². The molecule has 0 amide bonds. The van der Waals surface area contributed by atoms with Crippen molar-refractivity contribution in [3.8, 4) is 0 Å². The largest absolute Gasteiger partial charge is 0.382 e. The minimum absolute atomic E-state index is 0.196. The topological polar surface area (TPSA) is 51.8 Å². The lowest BCUT2D eigenvalue weighted by Gasteiger charge is -2.30. The van der Waals surface area contributed by atoms with Crippen molar-refractivity contribution in [2.24, 2.45) is 0 Å². The van der Waals surface area contributed by atoms with Gasteiger partial charge in [-0.1, -0.05) is 0 Å². The number of piperazine rings is 1. The molecule has 0 aliphatic carbocycles. The normalized spacial score (nSPS) is 24.9. The fraction of sp³-hybridized carbons (Fsp3) is 1.00. The maximum atomic E-state index is 5.52. The van der Waals surface area contributed by atoms with E-state index in [4.69, 9.17) is 14.2 Å². The average molecular weight is 204 g/mol. The van der Waals surface area contributed by atoms with Gasteiger partial charge in [0, 0.05) is 33.9 Å². The zero-order chi connectivity index (χ0) is 10.2. The van der Waals surface area contributed by atoms with Crippen molar-refractivity contribution in [1.29, 1.82) is 0 Å². The quantitative estimate of drug-likeness (QED) is 0.437. The SMILES string of the molecule is COCCOC(OC)C1CNCCN1. The second-order valence-corrected chi connectivity index (χ2v) is 3.23. The summed E-state index contributed by atoms with van der Waals surface area (Å²) in [7, 11) is 3.32. The van der Waals surface area contributed by atoms with Gasteiger partial charge >= 0.3 is 0 Å². The molecule has 0 spiro atoms. The molecule has 84 valence electrons. The van der Waals surface area contributed by atoms with Crippen LogP contribution in [0.3, 0.4) is 0 Å². The molecule has 0 aromatic heterocycles. The monoisotopic (exact) mass is 204 g/mol. The number of ether oxygens (including phenoxy) is 3. The predicted molar refractivity (Wildman–Crippen MR) is 53.3 cm³/mol. The third-order valence-corrected chi connectivity index (χ3v) is 2.20. The van der Waals surface area contributed by atoms with Gasteiger partial charge in [0.2, 0.25) is 0 Å². The van der Waals surface area contributed by atoms with Crippen LogP contribution in [0.4, 0.5) is 0 Å². The minimum atomic E-state index is -0.196. The summed E-state index contributed by atoms with van der Waals surface area (Å²) < 4.78 is 15.7. The second-order valence-electron chi connectivity index (χ2n) is 3.23. The molecule has 0 bridgehead atoms. The maximum absolute atomic E-state index is 5.52. The molecule has 1 heterocycles. The van der Waals surface area contributed by atoms with Gasteiger partial charge in [0.1, 0.15) is 0 Å². The highest BCUT2D eigenvalue weighted by Crippen LogP contribution is 2.02. The number of hydrogen-bond donors (Lipinski definition) is 2. The summed E-state index contributed by atoms with van der Waals surface area (Å²) in [6.45, 7) is 4.00. The van der Waals surface area contributed by atoms with E-state index >= 15 is 0 Å². The molecule has 1 saturated heterocycles. The van der Waals surface area contributed by atoms with Gasteiger partial charge < -0.3 is 24.8 Å². The Morgan fingerprint density at radius 3 is 2.71 bits per heavy atom. The van der Waals surface area contributed by atoms with Crippen molar-refractivity contribution in [3.63, 3.8) is 0 Å². The average Bonchev–Trinajstić information content (AvgIpc) is 2.26. The number of rotatable bonds is 6. The molecule has 1 aliphatic rings. The van der Waals surface area contributed by atoms with Crippen LogP contribution >= 0.6 is 0 Å². The van der Waals surface area contributed by atoms with Gasteiger partial charge in [-0.15, -0.1) is 0 Å². The van der Waals surface area contributed by atoms with Crippen LogP contribution in [0.2, 0.25) is 0 Å². The van der Waals surface area contributed by atoms with Gasteiger partial charge in [0.25, 0.3) is 0 Å². The van der Waals surface area contributed by atoms with Crippen LogP contribution in [0.15, 0.2) is 0 Å². The molecular formula is C9H20N2O3. The zero-order valence-corrected chi connectivity index (χ0v) is 8.91. The molecule has 0 radical (unpaired) electrons. The van der Waals surface area contributed by atoms with Gasteiger partial charge in [-0.05, 0) is 0 Å². The molecule has 0 saturated carbocycles. The lowest BCUT2D eigenvalue weighted by molar-refractivity contribution is -0.150. The van der Waals surface area contributed by atoms with Crippen molar-refractivity contribution in [3.05, 3.63) is 0 Å². The highest BCUT2D eigenvalue weighted by molar-refractivity contribution is 4.78. The molecule has 5 heteroatoms. The predicted octanol–water partition coefficient (Wildman–Crippen LogP) is -0.817. The number of nitrogens with one attached hydrogen (secondary N) is 2. The van der Waals surface area contributed by atoms with E-state index in [1.807, 2.05) is 0 Å². The van der Waals surface area contributed by atoms with E-state index in [0.29, 0.717) is 13.2 Å². The van der Waals surface area contributed by atoms with Gasteiger partial charge in [-0.3, -0.25) is 0 Å². The smallest absolute Gasteiger partial charge is 0.173 e. The molecule has 0 aromatic carbocycles. The molecule has 5 nitrogen and oxygen atoms in total. The molecule has 1 aliphatic heterocycles. The van der Waals surface area contributed by atoms with E-state index in [-0.39, 0.29) is 12.3 Å². The van der Waals surface area contributed by atoms with Crippen LogP contribution in [-0.2, 0) is 14.2 Å². The molecular weight excluding hydrogens is 184 g/mol. The Morgan fingerprint density at radius 1 is 1.29 bits per heavy atom. The summed E-state index contributed by atoms with van der Waals surface area (Å²) in [6.07, 6.45) is -0.196. The fourth-order valence-electron chi connectivity index (χ4n) is 1.46. The van der Waals surface area contributed by atoms with Crippen LogP contribution in [-0.4, -0.2) is 59.4 Å². The molecule has 2 atom stereocenters. The second kappa shape index (κ2) is 7.14. The summed E-state index contributed by atoms with van der Waals surface area (Å²) in [4.78, 5) is 0. The Balaban J connectivity index is 2.21. The first kappa shape index (κ1) is 11.9. The highest BCUT2D eigenvalue weighted by Gasteiger charge is 2.23. The van der Waals surface area contributed by atoms with Crippen LogP contribution in [0.25, 0.3) is 0 Å². The third kappa shape index (κ3) is 3.89. The Hall–Kier alpha value is -0.200. The molecule has 1 fully saturated rings. The van der Waals surface area contributed by atoms with E-state index in [0.717, 1.165) is 19.6 Å². The fourth-order valence-corrected chi connectivity index (χ4v) is 1.46. The summed E-state index contributed by atoms with van der Waals surface area (Å²) in [5.74, 6) is 0. The summed E-state index contributed by atoms with van der Waals surface area (Å²) in [5.41, 5.74) is 0. The first-order chi connectivity index (χ1) is 6.88. The summed E-state index contributed by atoms with van der Waals surface area (Å²) >= 11 is 0. The van der Waals surface area contributed by atoms with Crippen molar-refractivity contribution in [2.45, 2.75) is 12.3 Å². The lowest BCUT2D eigenvalue weighted by atomic mass is 10.2. The molecule has 14 heavy (non-hydrogen) atoms. The first-order valence-electron chi connectivity index (χ1n) is 4.96. The van der Waals surface area contributed by atoms with E-state index in [1.165, 1.54) is 0 Å². The van der Waals surface area contributed by atoms with E-state index in [9.17, 15) is 0 Å². The van der Waals surface area contributed by atoms with Crippen molar-refractivity contribution < 1.29 is 14.2 Å². The van der Waals surface area contributed by atoms with E-state index in [2.05, 4.69) is 10.6 Å². The van der Waals surface area contributed by atoms with Gasteiger partial charge in [0.05, 0.1) is 19.3 Å². The standard InChI is InChI=1S/C9H20N2O3/c1-12-5-6-14-9(13-2)8-7-10-3-4-11-8/h8-11H,3-7H2,1-2H3. The van der Waals surface area contributed by atoms with Crippen LogP contribution < -0.4 is 10.6 Å². The van der Waals surface area contributed by atoms with Gasteiger partial charge in [0.15, 0.2) is 6.29 Å². The molecule has 2 unspecified atom stereocenters. The Morgan fingerprint density at radius 2 is 2.14 bits per heavy atom. The van der Waals surface area contributed by atoms with Gasteiger partial charge in [-0.25, -0.2) is 0 Å². The van der Waals surface area contributed by atoms with E-state index in [1.54, 1.807) is 14.2 Å². The zero-order valence-electron chi connectivity index (χ0n) is 8.91. The highest BCUT2D eigenvalue weighted by atomic mass is 16.7. The van der Waals surface area contributed by atoms with Gasteiger partial charge in [-0.2, -0.15) is 0 Å². The van der Waals surface area contributed by atoms with Crippen LogP contribution in [0.1, 0.15) is 0 Å². The lowest BCUT2D eigenvalue weighted by Crippen LogP contribution is -2.55. The molecule has 1 rings (SSSR count). The van der Waals surface area contributed by atoms with Crippen molar-refractivity contribution >= 4 is 0 Å². The molecule has 0 aromatic rings.